The Morgan fingerprint density at radius 1 is 1.10 bits per heavy atom. The fourth-order valence-electron chi connectivity index (χ4n) is 3.05. The molecular weight excluding hydrogens is 322 g/mol. The minimum atomic E-state index is -3.82. The molecule has 8 heteroatoms. The summed E-state index contributed by atoms with van der Waals surface area (Å²) in [5.41, 5.74) is 0. The molecule has 2 heterocycles. The molecule has 2 fully saturated rings. The standard InChI is InChI=1S/C13H16F2N2O2S.ClH/c14-11-3-12(15)5-13(4-11)20(18,19)17-2-1-9-6-16-7-10(9)8-17;/h3-5,9-10,16H,1-2,6-8H2;1H. The summed E-state index contributed by atoms with van der Waals surface area (Å²) in [5, 5.41) is 3.25. The van der Waals surface area contributed by atoms with E-state index in [1.165, 1.54) is 4.31 Å². The maximum atomic E-state index is 13.2. The van der Waals surface area contributed by atoms with Crippen molar-refractivity contribution in [1.29, 1.82) is 0 Å². The number of benzene rings is 1. The number of halogens is 3. The highest BCUT2D eigenvalue weighted by atomic mass is 35.5. The lowest BCUT2D eigenvalue weighted by atomic mass is 9.90. The van der Waals surface area contributed by atoms with Crippen molar-refractivity contribution in [1.82, 2.24) is 9.62 Å². The van der Waals surface area contributed by atoms with Crippen LogP contribution in [0.1, 0.15) is 6.42 Å². The van der Waals surface area contributed by atoms with Crippen LogP contribution in [0.5, 0.6) is 0 Å². The predicted molar refractivity (Wildman–Crippen MR) is 76.8 cm³/mol. The summed E-state index contributed by atoms with van der Waals surface area (Å²) in [6, 6.07) is 2.42. The molecule has 2 aliphatic rings. The Bertz CT molecular complexity index is 606. The zero-order valence-electron chi connectivity index (χ0n) is 11.3. The van der Waals surface area contributed by atoms with Gasteiger partial charge >= 0.3 is 0 Å². The summed E-state index contributed by atoms with van der Waals surface area (Å²) in [6.45, 7) is 2.54. The van der Waals surface area contributed by atoms with Gasteiger partial charge in [0.1, 0.15) is 11.6 Å². The minimum Gasteiger partial charge on any atom is -0.316 e. The van der Waals surface area contributed by atoms with Gasteiger partial charge in [0, 0.05) is 19.2 Å². The monoisotopic (exact) mass is 338 g/mol. The maximum absolute atomic E-state index is 13.2. The minimum absolute atomic E-state index is 0. The number of nitrogens with zero attached hydrogens (tertiary/aromatic N) is 1. The number of nitrogens with one attached hydrogen (secondary N) is 1. The van der Waals surface area contributed by atoms with Crippen LogP contribution in [-0.4, -0.2) is 38.9 Å². The molecule has 118 valence electrons. The van der Waals surface area contributed by atoms with Gasteiger partial charge in [0.05, 0.1) is 4.90 Å². The third kappa shape index (κ3) is 3.21. The highest BCUT2D eigenvalue weighted by molar-refractivity contribution is 7.89. The van der Waals surface area contributed by atoms with Gasteiger partial charge in [-0.3, -0.25) is 0 Å². The highest BCUT2D eigenvalue weighted by Crippen LogP contribution is 2.30. The lowest BCUT2D eigenvalue weighted by molar-refractivity contribution is 0.228. The SMILES string of the molecule is Cl.O=S(=O)(c1cc(F)cc(F)c1)N1CCC2CNCC2C1. The Balaban J connectivity index is 0.00000161. The average Bonchev–Trinajstić information content (AvgIpc) is 2.84. The molecule has 21 heavy (non-hydrogen) atoms. The van der Waals surface area contributed by atoms with Crippen LogP contribution in [0.4, 0.5) is 8.78 Å². The lowest BCUT2D eigenvalue weighted by Crippen LogP contribution is -2.43. The third-order valence-corrected chi connectivity index (χ3v) is 5.98. The highest BCUT2D eigenvalue weighted by Gasteiger charge is 2.37. The van der Waals surface area contributed by atoms with E-state index in [1.54, 1.807) is 0 Å². The summed E-state index contributed by atoms with van der Waals surface area (Å²) in [5.74, 6) is -0.954. The van der Waals surface area contributed by atoms with Crippen molar-refractivity contribution < 1.29 is 17.2 Å². The van der Waals surface area contributed by atoms with Crippen LogP contribution in [0.2, 0.25) is 0 Å². The van der Waals surface area contributed by atoms with E-state index in [0.717, 1.165) is 31.6 Å². The first kappa shape index (κ1) is 16.6. The number of hydrogen-bond donors (Lipinski definition) is 1. The van der Waals surface area contributed by atoms with E-state index in [-0.39, 0.29) is 23.2 Å². The molecule has 2 saturated heterocycles. The van der Waals surface area contributed by atoms with Gasteiger partial charge in [-0.05, 0) is 43.5 Å². The first-order chi connectivity index (χ1) is 9.46. The number of sulfonamides is 1. The Hall–Kier alpha value is -0.760. The van der Waals surface area contributed by atoms with Gasteiger partial charge < -0.3 is 5.32 Å². The van der Waals surface area contributed by atoms with E-state index in [9.17, 15) is 17.2 Å². The van der Waals surface area contributed by atoms with Gasteiger partial charge in [0.15, 0.2) is 0 Å². The van der Waals surface area contributed by atoms with Crippen LogP contribution in [0.15, 0.2) is 23.1 Å². The van der Waals surface area contributed by atoms with Crippen molar-refractivity contribution in [3.05, 3.63) is 29.8 Å². The Morgan fingerprint density at radius 3 is 2.38 bits per heavy atom. The van der Waals surface area contributed by atoms with Gasteiger partial charge in [-0.2, -0.15) is 4.31 Å². The second-order valence-electron chi connectivity index (χ2n) is 5.44. The molecular formula is C13H17ClF2N2O2S. The zero-order valence-corrected chi connectivity index (χ0v) is 12.9. The van der Waals surface area contributed by atoms with E-state index in [1.807, 2.05) is 0 Å². The molecule has 0 bridgehead atoms. The summed E-state index contributed by atoms with van der Waals surface area (Å²) in [7, 11) is -3.82. The van der Waals surface area contributed by atoms with Crippen molar-refractivity contribution in [2.75, 3.05) is 26.2 Å². The molecule has 0 aliphatic carbocycles. The van der Waals surface area contributed by atoms with Gasteiger partial charge in [0.25, 0.3) is 0 Å². The van der Waals surface area contributed by atoms with E-state index in [4.69, 9.17) is 0 Å². The van der Waals surface area contributed by atoms with E-state index < -0.39 is 21.7 Å². The van der Waals surface area contributed by atoms with Crippen molar-refractivity contribution >= 4 is 22.4 Å². The Morgan fingerprint density at radius 2 is 1.71 bits per heavy atom. The number of piperidine rings is 1. The molecule has 0 aromatic heterocycles. The predicted octanol–water partition coefficient (Wildman–Crippen LogP) is 1.62. The molecule has 0 saturated carbocycles. The quantitative estimate of drug-likeness (QED) is 0.891. The molecule has 3 rings (SSSR count). The molecule has 2 atom stereocenters. The molecule has 2 aliphatic heterocycles. The molecule has 1 aromatic carbocycles. The van der Waals surface area contributed by atoms with Crippen LogP contribution >= 0.6 is 12.4 Å². The second kappa shape index (κ2) is 6.16. The van der Waals surface area contributed by atoms with Crippen molar-refractivity contribution in [2.45, 2.75) is 11.3 Å². The summed E-state index contributed by atoms with van der Waals surface area (Å²) < 4.78 is 52.7. The van der Waals surface area contributed by atoms with Crippen molar-refractivity contribution in [3.63, 3.8) is 0 Å². The van der Waals surface area contributed by atoms with Gasteiger partial charge in [-0.1, -0.05) is 0 Å². The summed E-state index contributed by atoms with van der Waals surface area (Å²) in [4.78, 5) is -0.306. The topological polar surface area (TPSA) is 49.4 Å². The van der Waals surface area contributed by atoms with Gasteiger partial charge in [-0.25, -0.2) is 17.2 Å². The fourth-order valence-corrected chi connectivity index (χ4v) is 4.60. The zero-order chi connectivity index (χ0) is 14.3. The summed E-state index contributed by atoms with van der Waals surface area (Å²) in [6.07, 6.45) is 0.786. The van der Waals surface area contributed by atoms with E-state index in [2.05, 4.69) is 5.32 Å². The number of hydrogen-bond acceptors (Lipinski definition) is 3. The molecule has 1 N–H and O–H groups in total. The van der Waals surface area contributed by atoms with Crippen LogP contribution < -0.4 is 5.32 Å². The molecule has 1 aromatic rings. The largest absolute Gasteiger partial charge is 0.316 e. The molecule has 2 unspecified atom stereocenters. The van der Waals surface area contributed by atoms with Crippen LogP contribution in [0.25, 0.3) is 0 Å². The number of rotatable bonds is 2. The first-order valence-corrected chi connectivity index (χ1v) is 8.08. The smallest absolute Gasteiger partial charge is 0.243 e. The van der Waals surface area contributed by atoms with Crippen LogP contribution in [-0.2, 0) is 10.0 Å². The molecule has 0 amide bonds. The Kier molecular flexibility index (Phi) is 4.87. The van der Waals surface area contributed by atoms with Gasteiger partial charge in [0.2, 0.25) is 10.0 Å². The number of fused-ring (bicyclic) bond motifs is 1. The molecule has 0 spiro atoms. The van der Waals surface area contributed by atoms with E-state index >= 15 is 0 Å². The van der Waals surface area contributed by atoms with Crippen molar-refractivity contribution in [3.8, 4) is 0 Å². The average molecular weight is 339 g/mol. The summed E-state index contributed by atoms with van der Waals surface area (Å²) >= 11 is 0. The lowest BCUT2D eigenvalue weighted by Gasteiger charge is -2.33. The van der Waals surface area contributed by atoms with Crippen LogP contribution in [0, 0.1) is 23.5 Å². The molecule has 0 radical (unpaired) electrons. The fraction of sp³-hybridized carbons (Fsp3) is 0.538. The maximum Gasteiger partial charge on any atom is 0.243 e. The molecule has 4 nitrogen and oxygen atoms in total. The van der Waals surface area contributed by atoms with Crippen molar-refractivity contribution in [2.24, 2.45) is 11.8 Å². The first-order valence-electron chi connectivity index (χ1n) is 6.64. The third-order valence-electron chi connectivity index (χ3n) is 4.14. The van der Waals surface area contributed by atoms with Gasteiger partial charge in [-0.15, -0.1) is 12.4 Å². The van der Waals surface area contributed by atoms with Crippen LogP contribution in [0.3, 0.4) is 0 Å². The second-order valence-corrected chi connectivity index (χ2v) is 7.37. The Labute approximate surface area is 129 Å². The normalized spacial score (nSPS) is 26.2. The van der Waals surface area contributed by atoms with E-state index in [0.29, 0.717) is 25.1 Å².